The van der Waals surface area contributed by atoms with E-state index in [0.29, 0.717) is 0 Å². The second-order valence-corrected chi connectivity index (χ2v) is 10.1. The van der Waals surface area contributed by atoms with E-state index in [-0.39, 0.29) is 35.6 Å². The summed E-state index contributed by atoms with van der Waals surface area (Å²) in [6.07, 6.45) is -11.0. The van der Waals surface area contributed by atoms with Crippen LogP contribution in [0.5, 0.6) is 0 Å². The number of carbonyl (C=O) groups excluding carboxylic acids is 2. The summed E-state index contributed by atoms with van der Waals surface area (Å²) in [5.41, 5.74) is 0.212. The fourth-order valence-electron chi connectivity index (χ4n) is 4.66. The van der Waals surface area contributed by atoms with Gasteiger partial charge in [-0.05, 0) is 24.8 Å². The highest BCUT2D eigenvalue weighted by atomic mass is 19.4. The molecular weight excluding hydrogens is 616 g/mol. The van der Waals surface area contributed by atoms with Crippen LogP contribution in [-0.4, -0.2) is 71.4 Å². The Labute approximate surface area is 242 Å². The number of carbonyl (C=O) groups is 2. The Bertz CT molecular complexity index is 1450. The molecule has 0 aromatic carbocycles. The van der Waals surface area contributed by atoms with Crippen LogP contribution in [0.3, 0.4) is 0 Å². The molecule has 3 aromatic heterocycles. The first-order valence-corrected chi connectivity index (χ1v) is 13.2. The van der Waals surface area contributed by atoms with Crippen molar-refractivity contribution in [2.24, 2.45) is 5.92 Å². The minimum absolute atomic E-state index is 0.0146. The van der Waals surface area contributed by atoms with Gasteiger partial charge in [-0.15, -0.1) is 13.2 Å². The Morgan fingerprint density at radius 1 is 1.11 bits per heavy atom. The SMILES string of the molecule is O=C(CCC(F)(F)F)N[C@H](O)c1cnn2cc([C@@H](NC(=O)c3ncnn3CCOC(F)(F)F)C3CCC(F)(F)CC3)nc2c1. The van der Waals surface area contributed by atoms with Gasteiger partial charge in [-0.3, -0.25) is 14.3 Å². The number of aliphatic hydroxyl groups is 1. The standard InChI is InChI=1S/C24H26F8N8O4/c25-22(26)4-1-13(2-5-22)18(38-21(43)19-33-12-35-39(19)7-8-44-24(30,31)32)15-11-40-16(36-15)9-14(10-34-40)20(42)37-17(41)3-6-23(27,28)29/h9-13,18,20,42H,1-8H2,(H,37,41)(H,38,43)/t18-,20+/m0/s1. The highest BCUT2D eigenvalue weighted by Crippen LogP contribution is 2.41. The van der Waals surface area contributed by atoms with Gasteiger partial charge in [-0.25, -0.2) is 27.9 Å². The van der Waals surface area contributed by atoms with Crippen LogP contribution in [0.2, 0.25) is 0 Å². The Balaban J connectivity index is 1.54. The number of nitrogens with zero attached hydrogens (tertiary/aromatic N) is 6. The maximum Gasteiger partial charge on any atom is 0.522 e. The minimum Gasteiger partial charge on any atom is -0.369 e. The molecule has 3 heterocycles. The largest absolute Gasteiger partial charge is 0.522 e. The van der Waals surface area contributed by atoms with Crippen molar-refractivity contribution in [2.45, 2.75) is 75.8 Å². The summed E-state index contributed by atoms with van der Waals surface area (Å²) < 4.78 is 108. The van der Waals surface area contributed by atoms with Crippen molar-refractivity contribution >= 4 is 17.5 Å². The van der Waals surface area contributed by atoms with Crippen LogP contribution in [0.25, 0.3) is 5.65 Å². The van der Waals surface area contributed by atoms with Crippen LogP contribution < -0.4 is 10.6 Å². The monoisotopic (exact) mass is 642 g/mol. The molecule has 44 heavy (non-hydrogen) atoms. The molecular formula is C24H26F8N8O4. The van der Waals surface area contributed by atoms with Crippen LogP contribution in [0.1, 0.15) is 72.7 Å². The first-order valence-electron chi connectivity index (χ1n) is 13.2. The van der Waals surface area contributed by atoms with Crippen LogP contribution in [0.4, 0.5) is 35.1 Å². The Kier molecular flexibility index (Phi) is 9.71. The molecule has 2 atom stereocenters. The number of rotatable bonds is 11. The predicted molar refractivity (Wildman–Crippen MR) is 131 cm³/mol. The number of nitrogens with one attached hydrogen (secondary N) is 2. The summed E-state index contributed by atoms with van der Waals surface area (Å²) in [5.74, 6) is -5.76. The second-order valence-electron chi connectivity index (χ2n) is 10.1. The highest BCUT2D eigenvalue weighted by molar-refractivity contribution is 5.90. The Morgan fingerprint density at radius 2 is 1.82 bits per heavy atom. The van der Waals surface area contributed by atoms with E-state index in [2.05, 4.69) is 30.2 Å². The number of alkyl halides is 8. The predicted octanol–water partition coefficient (Wildman–Crippen LogP) is 3.60. The summed E-state index contributed by atoms with van der Waals surface area (Å²) in [5, 5.41) is 22.8. The lowest BCUT2D eigenvalue weighted by Crippen LogP contribution is -2.38. The topological polar surface area (TPSA) is 149 Å². The Morgan fingerprint density at radius 3 is 2.48 bits per heavy atom. The zero-order valence-electron chi connectivity index (χ0n) is 22.6. The molecule has 20 heteroatoms. The lowest BCUT2D eigenvalue weighted by atomic mass is 9.81. The number of hydrogen-bond acceptors (Lipinski definition) is 8. The zero-order chi connectivity index (χ0) is 32.3. The molecule has 3 aromatic rings. The van der Waals surface area contributed by atoms with Gasteiger partial charge in [0.25, 0.3) is 5.91 Å². The van der Waals surface area contributed by atoms with Crippen LogP contribution >= 0.6 is 0 Å². The average molecular weight is 643 g/mol. The number of ether oxygens (including phenoxy) is 1. The average Bonchev–Trinajstić information content (AvgIpc) is 3.56. The van der Waals surface area contributed by atoms with Gasteiger partial charge >= 0.3 is 12.5 Å². The third-order valence-corrected chi connectivity index (χ3v) is 6.83. The van der Waals surface area contributed by atoms with Crippen molar-refractivity contribution in [3.63, 3.8) is 0 Å². The highest BCUT2D eigenvalue weighted by Gasteiger charge is 2.40. The third kappa shape index (κ3) is 9.04. The molecule has 1 aliphatic rings. The van der Waals surface area contributed by atoms with E-state index >= 15 is 0 Å². The van der Waals surface area contributed by atoms with Gasteiger partial charge in [0.1, 0.15) is 6.33 Å². The van der Waals surface area contributed by atoms with E-state index in [0.717, 1.165) is 17.2 Å². The molecule has 0 aliphatic heterocycles. The molecule has 1 fully saturated rings. The van der Waals surface area contributed by atoms with E-state index in [1.807, 2.05) is 5.32 Å². The fourth-order valence-corrected chi connectivity index (χ4v) is 4.66. The van der Waals surface area contributed by atoms with Crippen molar-refractivity contribution in [2.75, 3.05) is 6.61 Å². The summed E-state index contributed by atoms with van der Waals surface area (Å²) >= 11 is 0. The molecule has 4 rings (SSSR count). The lowest BCUT2D eigenvalue weighted by Gasteiger charge is -2.33. The van der Waals surface area contributed by atoms with E-state index in [4.69, 9.17) is 0 Å². The van der Waals surface area contributed by atoms with Gasteiger partial charge < -0.3 is 15.7 Å². The molecule has 0 unspecified atom stereocenters. The van der Waals surface area contributed by atoms with Gasteiger partial charge in [0, 0.05) is 24.8 Å². The van der Waals surface area contributed by atoms with E-state index in [9.17, 15) is 49.8 Å². The first kappa shape index (κ1) is 33.0. The van der Waals surface area contributed by atoms with Crippen LogP contribution in [-0.2, 0) is 16.1 Å². The number of amides is 2. The number of hydrogen-bond donors (Lipinski definition) is 3. The summed E-state index contributed by atoms with van der Waals surface area (Å²) in [7, 11) is 0. The van der Waals surface area contributed by atoms with Crippen LogP contribution in [0, 0.1) is 5.92 Å². The quantitative estimate of drug-likeness (QED) is 0.212. The molecule has 0 radical (unpaired) electrons. The van der Waals surface area contributed by atoms with Crippen LogP contribution in [0.15, 0.2) is 24.8 Å². The third-order valence-electron chi connectivity index (χ3n) is 6.83. The van der Waals surface area contributed by atoms with E-state index < -0.39 is 87.3 Å². The lowest BCUT2D eigenvalue weighted by molar-refractivity contribution is -0.325. The molecule has 2 amide bonds. The zero-order valence-corrected chi connectivity index (χ0v) is 22.6. The maximum absolute atomic E-state index is 13.9. The number of halogens is 8. The smallest absolute Gasteiger partial charge is 0.369 e. The van der Waals surface area contributed by atoms with E-state index in [1.54, 1.807) is 0 Å². The van der Waals surface area contributed by atoms with Gasteiger partial charge in [0.15, 0.2) is 11.9 Å². The number of imidazole rings is 1. The number of aliphatic hydroxyl groups excluding tert-OH is 1. The molecule has 1 aliphatic carbocycles. The van der Waals surface area contributed by atoms with Gasteiger partial charge in [-0.2, -0.15) is 23.4 Å². The summed E-state index contributed by atoms with van der Waals surface area (Å²) in [6.45, 7) is -1.33. The molecule has 12 nitrogen and oxygen atoms in total. The first-order chi connectivity index (χ1) is 20.5. The van der Waals surface area contributed by atoms with Crippen molar-refractivity contribution in [3.8, 4) is 0 Å². The summed E-state index contributed by atoms with van der Waals surface area (Å²) in [6, 6.07) is 0.281. The van der Waals surface area contributed by atoms with Gasteiger partial charge in [0.05, 0.1) is 43.7 Å². The molecule has 3 N–H and O–H groups in total. The number of fused-ring (bicyclic) bond motifs is 1. The van der Waals surface area contributed by atoms with Crippen molar-refractivity contribution < 1.29 is 54.6 Å². The molecule has 242 valence electrons. The van der Waals surface area contributed by atoms with Gasteiger partial charge in [0.2, 0.25) is 17.7 Å². The van der Waals surface area contributed by atoms with Crippen molar-refractivity contribution in [1.29, 1.82) is 0 Å². The van der Waals surface area contributed by atoms with Crippen molar-refractivity contribution in [1.82, 2.24) is 40.0 Å². The maximum atomic E-state index is 13.9. The molecule has 0 saturated heterocycles. The van der Waals surface area contributed by atoms with E-state index in [1.165, 1.54) is 16.8 Å². The Hall–Kier alpha value is -3.94. The molecule has 0 spiro atoms. The van der Waals surface area contributed by atoms with Crippen molar-refractivity contribution in [3.05, 3.63) is 41.9 Å². The normalized spacial score (nSPS) is 17.4. The summed E-state index contributed by atoms with van der Waals surface area (Å²) in [4.78, 5) is 33.2. The molecule has 1 saturated carbocycles. The fraction of sp³-hybridized carbons (Fsp3) is 0.583. The molecule has 0 bridgehead atoms. The minimum atomic E-state index is -4.90. The van der Waals surface area contributed by atoms with Gasteiger partial charge in [-0.1, -0.05) is 0 Å². The number of aromatic nitrogens is 6. The second kappa shape index (κ2) is 13.0.